The highest BCUT2D eigenvalue weighted by atomic mass is 16.3. The zero-order chi connectivity index (χ0) is 8.10. The Hall–Kier alpha value is -1.02. The number of nitrogens with one attached hydrogen (secondary N) is 1. The van der Waals surface area contributed by atoms with Gasteiger partial charge in [-0.2, -0.15) is 0 Å². The standard InChI is InChI=1S/C9H13NO/c1-10-7-8-3-2-4-9(11)6-5-8/h3-6,10-11H,2,7H2,1H3. The van der Waals surface area contributed by atoms with Crippen LogP contribution in [0.4, 0.5) is 0 Å². The first-order valence-corrected chi connectivity index (χ1v) is 3.74. The van der Waals surface area contributed by atoms with Crippen molar-refractivity contribution in [3.8, 4) is 0 Å². The Balaban J connectivity index is 2.58. The van der Waals surface area contributed by atoms with E-state index in [1.807, 2.05) is 13.1 Å². The summed E-state index contributed by atoms with van der Waals surface area (Å²) >= 11 is 0. The third-order valence-electron chi connectivity index (χ3n) is 1.56. The SMILES string of the molecule is CNCC1=CCC=C(O)C=C1. The van der Waals surface area contributed by atoms with Crippen LogP contribution in [0.1, 0.15) is 6.42 Å². The van der Waals surface area contributed by atoms with Crippen LogP contribution < -0.4 is 5.32 Å². The van der Waals surface area contributed by atoms with E-state index >= 15 is 0 Å². The maximum atomic E-state index is 9.10. The molecule has 0 bridgehead atoms. The molecule has 1 aliphatic rings. The van der Waals surface area contributed by atoms with Crippen LogP contribution in [0.25, 0.3) is 0 Å². The van der Waals surface area contributed by atoms with Crippen LogP contribution in [-0.4, -0.2) is 18.7 Å². The number of likely N-dealkylation sites (N-methyl/N-ethyl adjacent to an activating group) is 1. The molecule has 0 atom stereocenters. The highest BCUT2D eigenvalue weighted by molar-refractivity contribution is 5.29. The van der Waals surface area contributed by atoms with Crippen molar-refractivity contribution in [1.29, 1.82) is 0 Å². The van der Waals surface area contributed by atoms with Crippen molar-refractivity contribution in [2.24, 2.45) is 0 Å². The molecule has 0 aromatic rings. The van der Waals surface area contributed by atoms with E-state index in [1.165, 1.54) is 5.57 Å². The number of aliphatic hydroxyl groups excluding tert-OH is 1. The van der Waals surface area contributed by atoms with Gasteiger partial charge < -0.3 is 10.4 Å². The molecule has 0 aromatic heterocycles. The molecule has 0 spiro atoms. The van der Waals surface area contributed by atoms with Gasteiger partial charge in [-0.15, -0.1) is 0 Å². The van der Waals surface area contributed by atoms with Crippen LogP contribution in [0, 0.1) is 0 Å². The van der Waals surface area contributed by atoms with Crippen LogP contribution in [0.2, 0.25) is 0 Å². The van der Waals surface area contributed by atoms with Crippen LogP contribution in [-0.2, 0) is 0 Å². The molecule has 0 amide bonds. The van der Waals surface area contributed by atoms with E-state index in [0.717, 1.165) is 13.0 Å². The van der Waals surface area contributed by atoms with Crippen molar-refractivity contribution >= 4 is 0 Å². The van der Waals surface area contributed by atoms with E-state index in [4.69, 9.17) is 5.11 Å². The number of hydrogen-bond acceptors (Lipinski definition) is 2. The first kappa shape index (κ1) is 8.08. The van der Waals surface area contributed by atoms with Gasteiger partial charge in [-0.05, 0) is 31.2 Å². The second-order valence-corrected chi connectivity index (χ2v) is 2.51. The van der Waals surface area contributed by atoms with Crippen molar-refractivity contribution in [1.82, 2.24) is 5.32 Å². The molecule has 60 valence electrons. The fraction of sp³-hybridized carbons (Fsp3) is 0.333. The van der Waals surface area contributed by atoms with E-state index in [9.17, 15) is 0 Å². The van der Waals surface area contributed by atoms with E-state index < -0.39 is 0 Å². The molecule has 0 saturated carbocycles. The maximum absolute atomic E-state index is 9.10. The first-order chi connectivity index (χ1) is 5.33. The summed E-state index contributed by atoms with van der Waals surface area (Å²) in [5.41, 5.74) is 1.22. The lowest BCUT2D eigenvalue weighted by atomic mass is 10.2. The third kappa shape index (κ3) is 2.60. The van der Waals surface area contributed by atoms with Crippen molar-refractivity contribution in [2.45, 2.75) is 6.42 Å². The van der Waals surface area contributed by atoms with Gasteiger partial charge in [0.2, 0.25) is 0 Å². The minimum Gasteiger partial charge on any atom is -0.508 e. The van der Waals surface area contributed by atoms with Crippen molar-refractivity contribution < 1.29 is 5.11 Å². The van der Waals surface area contributed by atoms with E-state index in [-0.39, 0.29) is 0 Å². The molecule has 0 saturated heterocycles. The summed E-state index contributed by atoms with van der Waals surface area (Å²) in [5, 5.41) is 12.2. The molecule has 2 nitrogen and oxygen atoms in total. The summed E-state index contributed by atoms with van der Waals surface area (Å²) in [7, 11) is 1.91. The predicted molar refractivity (Wildman–Crippen MR) is 46.5 cm³/mol. The lowest BCUT2D eigenvalue weighted by molar-refractivity contribution is 0.431. The summed E-state index contributed by atoms with van der Waals surface area (Å²) in [6, 6.07) is 0. The molecule has 0 aliphatic heterocycles. The van der Waals surface area contributed by atoms with Crippen LogP contribution in [0.15, 0.2) is 35.6 Å². The van der Waals surface area contributed by atoms with Gasteiger partial charge in [0.15, 0.2) is 0 Å². The van der Waals surface area contributed by atoms with Crippen LogP contribution in [0.3, 0.4) is 0 Å². The van der Waals surface area contributed by atoms with Crippen molar-refractivity contribution in [2.75, 3.05) is 13.6 Å². The van der Waals surface area contributed by atoms with Gasteiger partial charge in [0, 0.05) is 6.54 Å². The van der Waals surface area contributed by atoms with Gasteiger partial charge in [0.25, 0.3) is 0 Å². The van der Waals surface area contributed by atoms with Gasteiger partial charge in [-0.1, -0.05) is 12.2 Å². The summed E-state index contributed by atoms with van der Waals surface area (Å²) < 4.78 is 0. The molecule has 11 heavy (non-hydrogen) atoms. The monoisotopic (exact) mass is 151 g/mol. The Morgan fingerprint density at radius 1 is 1.45 bits per heavy atom. The Bertz CT molecular complexity index is 214. The second-order valence-electron chi connectivity index (χ2n) is 2.51. The Morgan fingerprint density at radius 2 is 2.27 bits per heavy atom. The van der Waals surface area contributed by atoms with E-state index in [2.05, 4.69) is 11.4 Å². The lowest BCUT2D eigenvalue weighted by Crippen LogP contribution is -2.08. The maximum Gasteiger partial charge on any atom is 0.111 e. The number of rotatable bonds is 2. The average molecular weight is 151 g/mol. The molecule has 1 rings (SSSR count). The molecule has 0 aromatic carbocycles. The fourth-order valence-electron chi connectivity index (χ4n) is 0.995. The van der Waals surface area contributed by atoms with E-state index in [1.54, 1.807) is 12.2 Å². The lowest BCUT2D eigenvalue weighted by Gasteiger charge is -1.97. The minimum atomic E-state index is 0.354. The molecule has 2 N–H and O–H groups in total. The highest BCUT2D eigenvalue weighted by Gasteiger charge is 1.94. The Kier molecular flexibility index (Phi) is 2.93. The topological polar surface area (TPSA) is 32.3 Å². The molecular weight excluding hydrogens is 138 g/mol. The predicted octanol–water partition coefficient (Wildman–Crippen LogP) is 1.53. The number of allylic oxidation sites excluding steroid dienone is 3. The normalized spacial score (nSPS) is 17.2. The highest BCUT2D eigenvalue weighted by Crippen LogP contribution is 2.07. The Morgan fingerprint density at radius 3 is 3.00 bits per heavy atom. The van der Waals surface area contributed by atoms with Crippen molar-refractivity contribution in [3.05, 3.63) is 35.6 Å². The molecule has 0 heterocycles. The summed E-state index contributed by atoms with van der Waals surface area (Å²) in [5.74, 6) is 0.354. The quantitative estimate of drug-likeness (QED) is 0.627. The smallest absolute Gasteiger partial charge is 0.111 e. The fourth-order valence-corrected chi connectivity index (χ4v) is 0.995. The average Bonchev–Trinajstić information content (AvgIpc) is 2.17. The molecule has 1 aliphatic carbocycles. The second kappa shape index (κ2) is 3.98. The zero-order valence-electron chi connectivity index (χ0n) is 6.67. The molecule has 2 heteroatoms. The molecule has 0 fully saturated rings. The molecule has 0 radical (unpaired) electrons. The Labute approximate surface area is 66.9 Å². The number of hydrogen-bond donors (Lipinski definition) is 2. The van der Waals surface area contributed by atoms with Crippen molar-refractivity contribution in [3.63, 3.8) is 0 Å². The van der Waals surface area contributed by atoms with Gasteiger partial charge in [0.1, 0.15) is 5.76 Å². The summed E-state index contributed by atoms with van der Waals surface area (Å²) in [6.07, 6.45) is 8.34. The zero-order valence-corrected chi connectivity index (χ0v) is 6.67. The van der Waals surface area contributed by atoms with Gasteiger partial charge in [-0.25, -0.2) is 0 Å². The van der Waals surface area contributed by atoms with Crippen LogP contribution >= 0.6 is 0 Å². The summed E-state index contributed by atoms with van der Waals surface area (Å²) in [4.78, 5) is 0. The number of aliphatic hydroxyl groups is 1. The van der Waals surface area contributed by atoms with Crippen LogP contribution in [0.5, 0.6) is 0 Å². The first-order valence-electron chi connectivity index (χ1n) is 3.74. The minimum absolute atomic E-state index is 0.354. The largest absolute Gasteiger partial charge is 0.508 e. The molecule has 0 unspecified atom stereocenters. The third-order valence-corrected chi connectivity index (χ3v) is 1.56. The van der Waals surface area contributed by atoms with Gasteiger partial charge >= 0.3 is 0 Å². The van der Waals surface area contributed by atoms with Gasteiger partial charge in [0.05, 0.1) is 0 Å². The van der Waals surface area contributed by atoms with E-state index in [0.29, 0.717) is 5.76 Å². The van der Waals surface area contributed by atoms with Gasteiger partial charge in [-0.3, -0.25) is 0 Å². The summed E-state index contributed by atoms with van der Waals surface area (Å²) in [6.45, 7) is 0.859. The molecular formula is C9H13NO.